The zero-order chi connectivity index (χ0) is 14.5. The number of thiocarbonyl (C=S) groups is 1. The Labute approximate surface area is 122 Å². The van der Waals surface area contributed by atoms with E-state index in [1.165, 1.54) is 13.2 Å². The quantitative estimate of drug-likeness (QED) is 0.860. The molecule has 0 aromatic heterocycles. The maximum absolute atomic E-state index is 13.7. The van der Waals surface area contributed by atoms with E-state index in [2.05, 4.69) is 0 Å². The van der Waals surface area contributed by atoms with Crippen molar-refractivity contribution in [3.63, 3.8) is 0 Å². The van der Waals surface area contributed by atoms with Crippen molar-refractivity contribution in [2.45, 2.75) is 6.61 Å². The highest BCUT2D eigenvalue weighted by Crippen LogP contribution is 2.19. The van der Waals surface area contributed by atoms with Crippen LogP contribution in [-0.4, -0.2) is 12.1 Å². The van der Waals surface area contributed by atoms with Gasteiger partial charge in [-0.1, -0.05) is 24.4 Å². The molecule has 2 rings (SSSR count). The molecule has 2 aromatic carbocycles. The number of rotatable bonds is 5. The predicted molar refractivity (Wildman–Crippen MR) is 79.6 cm³/mol. The maximum Gasteiger partial charge on any atom is 0.133 e. The van der Waals surface area contributed by atoms with Crippen LogP contribution in [0.25, 0.3) is 0 Å². The molecule has 5 heteroatoms. The van der Waals surface area contributed by atoms with Gasteiger partial charge in [0.1, 0.15) is 28.9 Å². The van der Waals surface area contributed by atoms with Crippen molar-refractivity contribution < 1.29 is 13.9 Å². The summed E-state index contributed by atoms with van der Waals surface area (Å²) in [6, 6.07) is 11.7. The number of hydrogen-bond donors (Lipinski definition) is 1. The summed E-state index contributed by atoms with van der Waals surface area (Å²) in [7, 11) is 1.49. The summed E-state index contributed by atoms with van der Waals surface area (Å²) in [6.45, 7) is 0.122. The first-order valence-corrected chi connectivity index (χ1v) is 6.36. The maximum atomic E-state index is 13.7. The highest BCUT2D eigenvalue weighted by Gasteiger charge is 2.05. The van der Waals surface area contributed by atoms with E-state index >= 15 is 0 Å². The lowest BCUT2D eigenvalue weighted by atomic mass is 10.2. The van der Waals surface area contributed by atoms with Gasteiger partial charge in [-0.05, 0) is 24.3 Å². The third-order valence-electron chi connectivity index (χ3n) is 2.77. The number of methoxy groups -OCH3 is 1. The Hall–Kier alpha value is -2.14. The zero-order valence-corrected chi connectivity index (χ0v) is 11.7. The second kappa shape index (κ2) is 6.34. The van der Waals surface area contributed by atoms with Crippen molar-refractivity contribution in [2.75, 3.05) is 7.11 Å². The van der Waals surface area contributed by atoms with Gasteiger partial charge < -0.3 is 15.2 Å². The summed E-state index contributed by atoms with van der Waals surface area (Å²) in [5.74, 6) is 0.696. The number of benzene rings is 2. The van der Waals surface area contributed by atoms with Gasteiger partial charge in [0.05, 0.1) is 7.11 Å². The lowest BCUT2D eigenvalue weighted by Crippen LogP contribution is -2.09. The minimum absolute atomic E-state index is 0.122. The van der Waals surface area contributed by atoms with Crippen LogP contribution in [0.5, 0.6) is 11.5 Å². The minimum atomic E-state index is -0.366. The summed E-state index contributed by atoms with van der Waals surface area (Å²) >= 11 is 4.90. The minimum Gasteiger partial charge on any atom is -0.497 e. The van der Waals surface area contributed by atoms with Crippen molar-refractivity contribution in [1.82, 2.24) is 0 Å². The Balaban J connectivity index is 2.09. The second-order valence-electron chi connectivity index (χ2n) is 4.14. The number of nitrogens with two attached hydrogens (primary N) is 1. The molecule has 0 aliphatic carbocycles. The van der Waals surface area contributed by atoms with E-state index in [1.54, 1.807) is 36.4 Å². The molecule has 0 aliphatic heterocycles. The molecule has 20 heavy (non-hydrogen) atoms. The fraction of sp³-hybridized carbons (Fsp3) is 0.133. The van der Waals surface area contributed by atoms with E-state index in [1.807, 2.05) is 0 Å². The lowest BCUT2D eigenvalue weighted by Gasteiger charge is -2.09. The van der Waals surface area contributed by atoms with Gasteiger partial charge in [-0.15, -0.1) is 0 Å². The molecule has 0 fully saturated rings. The standard InChI is InChI=1S/C15H14FNO2S/c1-18-12-6-5-11(14(16)8-12)9-19-13-4-2-3-10(7-13)15(17)20/h2-8H,9H2,1H3,(H2,17,20). The van der Waals surface area contributed by atoms with Gasteiger partial charge in [0.15, 0.2) is 0 Å². The Kier molecular flexibility index (Phi) is 4.53. The van der Waals surface area contributed by atoms with Gasteiger partial charge in [0, 0.05) is 17.2 Å². The van der Waals surface area contributed by atoms with Gasteiger partial charge in [-0.3, -0.25) is 0 Å². The van der Waals surface area contributed by atoms with E-state index in [0.717, 1.165) is 0 Å². The fourth-order valence-corrected chi connectivity index (χ4v) is 1.80. The average molecular weight is 291 g/mol. The molecular formula is C15H14FNO2S. The van der Waals surface area contributed by atoms with Crippen LogP contribution in [0.1, 0.15) is 11.1 Å². The van der Waals surface area contributed by atoms with Crippen molar-refractivity contribution in [2.24, 2.45) is 5.73 Å². The van der Waals surface area contributed by atoms with Crippen LogP contribution in [0.15, 0.2) is 42.5 Å². The van der Waals surface area contributed by atoms with Gasteiger partial charge in [-0.2, -0.15) is 0 Å². The summed E-state index contributed by atoms with van der Waals surface area (Å²) in [6.07, 6.45) is 0. The van der Waals surface area contributed by atoms with Crippen LogP contribution in [0.3, 0.4) is 0 Å². The molecule has 0 saturated heterocycles. The largest absolute Gasteiger partial charge is 0.497 e. The molecule has 0 atom stereocenters. The first-order valence-electron chi connectivity index (χ1n) is 5.95. The summed E-state index contributed by atoms with van der Waals surface area (Å²) in [5.41, 5.74) is 6.71. The Morgan fingerprint density at radius 1 is 1.20 bits per heavy atom. The van der Waals surface area contributed by atoms with E-state index in [4.69, 9.17) is 27.4 Å². The first-order chi connectivity index (χ1) is 9.60. The molecule has 0 bridgehead atoms. The number of ether oxygens (including phenoxy) is 2. The van der Waals surface area contributed by atoms with E-state index < -0.39 is 0 Å². The molecule has 0 heterocycles. The van der Waals surface area contributed by atoms with Crippen molar-refractivity contribution in [3.05, 3.63) is 59.4 Å². The van der Waals surface area contributed by atoms with Crippen molar-refractivity contribution in [3.8, 4) is 11.5 Å². The molecule has 0 amide bonds. The van der Waals surface area contributed by atoms with Crippen molar-refractivity contribution in [1.29, 1.82) is 0 Å². The van der Waals surface area contributed by atoms with Crippen LogP contribution in [0, 0.1) is 5.82 Å². The zero-order valence-electron chi connectivity index (χ0n) is 10.9. The van der Waals surface area contributed by atoms with Crippen LogP contribution in [0.4, 0.5) is 4.39 Å². The normalized spacial score (nSPS) is 10.1. The van der Waals surface area contributed by atoms with Crippen LogP contribution >= 0.6 is 12.2 Å². The highest BCUT2D eigenvalue weighted by atomic mass is 32.1. The number of hydrogen-bond acceptors (Lipinski definition) is 3. The monoisotopic (exact) mass is 291 g/mol. The third kappa shape index (κ3) is 3.45. The molecule has 0 aliphatic rings. The van der Waals surface area contributed by atoms with Gasteiger partial charge in [0.25, 0.3) is 0 Å². The third-order valence-corrected chi connectivity index (χ3v) is 3.01. The van der Waals surface area contributed by atoms with Crippen LogP contribution in [-0.2, 0) is 6.61 Å². The molecule has 0 radical (unpaired) electrons. The SMILES string of the molecule is COc1ccc(COc2cccc(C(N)=S)c2)c(F)c1. The topological polar surface area (TPSA) is 44.5 Å². The average Bonchev–Trinajstić information content (AvgIpc) is 2.46. The van der Waals surface area contributed by atoms with Gasteiger partial charge >= 0.3 is 0 Å². The Morgan fingerprint density at radius 3 is 2.65 bits per heavy atom. The van der Waals surface area contributed by atoms with Crippen LogP contribution in [0.2, 0.25) is 0 Å². The fourth-order valence-electron chi connectivity index (χ4n) is 1.67. The van der Waals surface area contributed by atoms with Gasteiger partial charge in [0.2, 0.25) is 0 Å². The molecule has 3 nitrogen and oxygen atoms in total. The Bertz CT molecular complexity index is 631. The Morgan fingerprint density at radius 2 is 2.00 bits per heavy atom. The molecule has 2 N–H and O–H groups in total. The summed E-state index contributed by atoms with van der Waals surface area (Å²) < 4.78 is 24.2. The van der Waals surface area contributed by atoms with Crippen LogP contribution < -0.4 is 15.2 Å². The summed E-state index contributed by atoms with van der Waals surface area (Å²) in [4.78, 5) is 0.297. The van der Waals surface area contributed by atoms with Crippen molar-refractivity contribution >= 4 is 17.2 Å². The molecule has 0 saturated carbocycles. The predicted octanol–water partition coefficient (Wildman–Crippen LogP) is 3.05. The molecular weight excluding hydrogens is 277 g/mol. The second-order valence-corrected chi connectivity index (χ2v) is 4.58. The van der Waals surface area contributed by atoms with E-state index in [9.17, 15) is 4.39 Å². The highest BCUT2D eigenvalue weighted by molar-refractivity contribution is 7.80. The lowest BCUT2D eigenvalue weighted by molar-refractivity contribution is 0.299. The van der Waals surface area contributed by atoms with E-state index in [0.29, 0.717) is 27.6 Å². The molecule has 0 unspecified atom stereocenters. The number of halogens is 1. The molecule has 104 valence electrons. The van der Waals surface area contributed by atoms with E-state index in [-0.39, 0.29) is 12.4 Å². The summed E-state index contributed by atoms with van der Waals surface area (Å²) in [5, 5.41) is 0. The molecule has 0 spiro atoms. The smallest absolute Gasteiger partial charge is 0.133 e. The van der Waals surface area contributed by atoms with Gasteiger partial charge in [-0.25, -0.2) is 4.39 Å². The molecule has 2 aromatic rings. The first kappa shape index (κ1) is 14.3.